The molecule has 0 aliphatic carbocycles. The molecule has 25 heavy (non-hydrogen) atoms. The first-order chi connectivity index (χ1) is 12.1. The number of amides is 2. The third-order valence-electron chi connectivity index (χ3n) is 3.70. The Morgan fingerprint density at radius 2 is 2.04 bits per heavy atom. The van der Waals surface area contributed by atoms with Gasteiger partial charge in [0.2, 0.25) is 12.3 Å². The van der Waals surface area contributed by atoms with Crippen molar-refractivity contribution < 1.29 is 18.7 Å². The normalized spacial score (nSPS) is 11.5. The Hall–Kier alpha value is -3.35. The molecule has 7 nitrogen and oxygen atoms in total. The summed E-state index contributed by atoms with van der Waals surface area (Å²) in [5.41, 5.74) is 4.58. The molecule has 1 aromatic heterocycles. The summed E-state index contributed by atoms with van der Waals surface area (Å²) < 4.78 is 11.2. The van der Waals surface area contributed by atoms with Crippen LogP contribution in [0.2, 0.25) is 0 Å². The first kappa shape index (κ1) is 16.5. The Labute approximate surface area is 143 Å². The van der Waals surface area contributed by atoms with Gasteiger partial charge in [0.1, 0.15) is 16.9 Å². The fourth-order valence-electron chi connectivity index (χ4n) is 2.62. The number of carbonyl (C=O) groups is 2. The topological polar surface area (TPSA) is 92.9 Å². The zero-order valence-electron chi connectivity index (χ0n) is 13.8. The molecule has 0 unspecified atom stereocenters. The molecular weight excluding hydrogens is 322 g/mol. The van der Waals surface area contributed by atoms with Crippen LogP contribution in [-0.4, -0.2) is 25.1 Å². The molecule has 0 saturated heterocycles. The smallest absolute Gasteiger partial charge is 0.230 e. The number of para-hydroxylation sites is 1. The number of fused-ring (bicyclic) bond motifs is 3. The minimum Gasteiger partial charge on any atom is -0.495 e. The molecule has 0 fully saturated rings. The van der Waals surface area contributed by atoms with Crippen LogP contribution in [0, 0.1) is 0 Å². The summed E-state index contributed by atoms with van der Waals surface area (Å²) in [4.78, 5) is 22.4. The second-order valence-electron chi connectivity index (χ2n) is 5.47. The van der Waals surface area contributed by atoms with Crippen molar-refractivity contribution in [3.63, 3.8) is 0 Å². The number of ether oxygens (including phenoxy) is 1. The van der Waals surface area contributed by atoms with Crippen molar-refractivity contribution >= 4 is 45.7 Å². The van der Waals surface area contributed by atoms with E-state index in [4.69, 9.17) is 9.15 Å². The fourth-order valence-corrected chi connectivity index (χ4v) is 2.62. The van der Waals surface area contributed by atoms with Crippen LogP contribution in [0.15, 0.2) is 45.9 Å². The van der Waals surface area contributed by atoms with E-state index >= 15 is 0 Å². The second-order valence-corrected chi connectivity index (χ2v) is 5.47. The molecule has 1 heterocycles. The number of benzene rings is 2. The van der Waals surface area contributed by atoms with Gasteiger partial charge in [-0.15, -0.1) is 0 Å². The highest BCUT2D eigenvalue weighted by Crippen LogP contribution is 2.36. The number of hydrogen-bond donors (Lipinski definition) is 2. The van der Waals surface area contributed by atoms with Crippen molar-refractivity contribution in [3.05, 3.63) is 36.4 Å². The molecule has 128 valence electrons. The van der Waals surface area contributed by atoms with Gasteiger partial charge in [-0.05, 0) is 19.1 Å². The quantitative estimate of drug-likeness (QED) is 0.410. The highest BCUT2D eigenvalue weighted by atomic mass is 16.5. The van der Waals surface area contributed by atoms with Crippen molar-refractivity contribution in [2.75, 3.05) is 12.4 Å². The van der Waals surface area contributed by atoms with Crippen LogP contribution >= 0.6 is 0 Å². The lowest BCUT2D eigenvalue weighted by molar-refractivity contribution is -0.115. The van der Waals surface area contributed by atoms with Gasteiger partial charge in [-0.25, -0.2) is 5.43 Å². The molecule has 0 spiro atoms. The Morgan fingerprint density at radius 1 is 1.24 bits per heavy atom. The number of hydrogen-bond acceptors (Lipinski definition) is 5. The predicted octanol–water partition coefficient (Wildman–Crippen LogP) is 3.05. The van der Waals surface area contributed by atoms with Crippen LogP contribution in [0.1, 0.15) is 13.3 Å². The molecule has 0 atom stereocenters. The Morgan fingerprint density at radius 3 is 2.80 bits per heavy atom. The third kappa shape index (κ3) is 3.45. The van der Waals surface area contributed by atoms with E-state index < -0.39 is 0 Å². The molecule has 0 aliphatic heterocycles. The molecule has 0 radical (unpaired) electrons. The van der Waals surface area contributed by atoms with E-state index in [9.17, 15) is 9.59 Å². The molecule has 2 amide bonds. The van der Waals surface area contributed by atoms with Crippen molar-refractivity contribution in [1.82, 2.24) is 5.43 Å². The van der Waals surface area contributed by atoms with Gasteiger partial charge in [0.15, 0.2) is 0 Å². The number of rotatable bonds is 6. The maximum absolute atomic E-state index is 12.2. The monoisotopic (exact) mass is 339 g/mol. The molecule has 7 heteroatoms. The van der Waals surface area contributed by atoms with Gasteiger partial charge >= 0.3 is 0 Å². The lowest BCUT2D eigenvalue weighted by atomic mass is 10.1. The largest absolute Gasteiger partial charge is 0.495 e. The summed E-state index contributed by atoms with van der Waals surface area (Å²) in [5, 5.41) is 8.42. The molecule has 0 saturated carbocycles. The van der Waals surface area contributed by atoms with Crippen LogP contribution in [0.25, 0.3) is 21.9 Å². The number of anilines is 1. The van der Waals surface area contributed by atoms with Crippen molar-refractivity contribution in [2.24, 2.45) is 5.10 Å². The fraction of sp³-hybridized carbons (Fsp3) is 0.167. The summed E-state index contributed by atoms with van der Waals surface area (Å²) >= 11 is 0. The van der Waals surface area contributed by atoms with E-state index in [2.05, 4.69) is 15.8 Å². The van der Waals surface area contributed by atoms with Gasteiger partial charge in [0.05, 0.1) is 19.2 Å². The van der Waals surface area contributed by atoms with E-state index in [0.29, 0.717) is 29.1 Å². The average molecular weight is 339 g/mol. The van der Waals surface area contributed by atoms with E-state index in [0.717, 1.165) is 16.4 Å². The first-order valence-electron chi connectivity index (χ1n) is 7.64. The standard InChI is InChI=1S/C18H17N3O4/c1-11(21-19-10-22)7-18(23)20-14-9-16-13(8-17(14)24-2)12-5-3-4-6-15(12)25-16/h3-6,8-10H,7H2,1-2H3,(H,19,22)(H,20,23). The van der Waals surface area contributed by atoms with E-state index in [-0.39, 0.29) is 12.3 Å². The molecular formula is C18H17N3O4. The number of carbonyl (C=O) groups excluding carboxylic acids is 2. The highest BCUT2D eigenvalue weighted by Gasteiger charge is 2.14. The zero-order chi connectivity index (χ0) is 17.8. The minimum atomic E-state index is -0.275. The van der Waals surface area contributed by atoms with Crippen LogP contribution in [0.3, 0.4) is 0 Å². The maximum atomic E-state index is 12.2. The summed E-state index contributed by atoms with van der Waals surface area (Å²) in [6, 6.07) is 11.3. The van der Waals surface area contributed by atoms with Gasteiger partial charge in [0.25, 0.3) is 0 Å². The number of nitrogens with one attached hydrogen (secondary N) is 2. The van der Waals surface area contributed by atoms with Crippen LogP contribution in [-0.2, 0) is 9.59 Å². The third-order valence-corrected chi connectivity index (χ3v) is 3.70. The number of furan rings is 1. The van der Waals surface area contributed by atoms with E-state index in [1.54, 1.807) is 20.1 Å². The van der Waals surface area contributed by atoms with Crippen molar-refractivity contribution in [1.29, 1.82) is 0 Å². The Kier molecular flexibility index (Phi) is 4.65. The molecule has 0 aliphatic rings. The molecule has 3 rings (SSSR count). The number of methoxy groups -OCH3 is 1. The minimum absolute atomic E-state index is 0.0438. The van der Waals surface area contributed by atoms with Crippen molar-refractivity contribution in [3.8, 4) is 5.75 Å². The average Bonchev–Trinajstić information content (AvgIpc) is 2.96. The Balaban J connectivity index is 1.91. The van der Waals surface area contributed by atoms with E-state index in [1.807, 2.05) is 30.3 Å². The van der Waals surface area contributed by atoms with Gasteiger partial charge in [-0.1, -0.05) is 18.2 Å². The lowest BCUT2D eigenvalue weighted by Crippen LogP contribution is -2.17. The number of hydrazone groups is 1. The molecule has 0 bridgehead atoms. The summed E-state index contributed by atoms with van der Waals surface area (Å²) in [6.07, 6.45) is 0.488. The van der Waals surface area contributed by atoms with Crippen molar-refractivity contribution in [2.45, 2.75) is 13.3 Å². The van der Waals surface area contributed by atoms with Crippen LogP contribution < -0.4 is 15.5 Å². The van der Waals surface area contributed by atoms with Gasteiger partial charge in [-0.2, -0.15) is 5.10 Å². The van der Waals surface area contributed by atoms with Gasteiger partial charge in [-0.3, -0.25) is 9.59 Å². The van der Waals surface area contributed by atoms with Gasteiger partial charge in [0, 0.05) is 22.6 Å². The number of nitrogens with zero attached hydrogens (tertiary/aromatic N) is 1. The van der Waals surface area contributed by atoms with Crippen LogP contribution in [0.4, 0.5) is 5.69 Å². The summed E-state index contributed by atoms with van der Waals surface area (Å²) in [7, 11) is 1.54. The first-order valence-corrected chi connectivity index (χ1v) is 7.64. The Bertz CT molecular complexity index is 975. The zero-order valence-corrected chi connectivity index (χ0v) is 13.8. The summed E-state index contributed by atoms with van der Waals surface area (Å²) in [5.74, 6) is 0.260. The molecule has 2 N–H and O–H groups in total. The highest BCUT2D eigenvalue weighted by molar-refractivity contribution is 6.10. The molecule has 3 aromatic rings. The van der Waals surface area contributed by atoms with E-state index in [1.165, 1.54) is 0 Å². The second kappa shape index (κ2) is 7.04. The van der Waals surface area contributed by atoms with Gasteiger partial charge < -0.3 is 14.5 Å². The summed E-state index contributed by atoms with van der Waals surface area (Å²) in [6.45, 7) is 1.65. The molecule has 2 aromatic carbocycles. The SMILES string of the molecule is COc1cc2c(cc1NC(=O)CC(C)=NNC=O)oc1ccccc12. The maximum Gasteiger partial charge on any atom is 0.230 e. The lowest BCUT2D eigenvalue weighted by Gasteiger charge is -2.10. The van der Waals surface area contributed by atoms with Crippen LogP contribution in [0.5, 0.6) is 5.75 Å². The predicted molar refractivity (Wildman–Crippen MR) is 95.8 cm³/mol.